The van der Waals surface area contributed by atoms with Gasteiger partial charge < -0.3 is 9.88 Å². The monoisotopic (exact) mass is 272 g/mol. The van der Waals surface area contributed by atoms with Crippen LogP contribution in [0.2, 0.25) is 5.02 Å². The Morgan fingerprint density at radius 1 is 1.21 bits per heavy atom. The van der Waals surface area contributed by atoms with E-state index in [9.17, 15) is 0 Å². The average Bonchev–Trinajstić information content (AvgIpc) is 2.82. The molecule has 19 heavy (non-hydrogen) atoms. The summed E-state index contributed by atoms with van der Waals surface area (Å²) in [5, 5.41) is 1.73. The highest BCUT2D eigenvalue weighted by Gasteiger charge is 2.13. The highest BCUT2D eigenvalue weighted by atomic mass is 35.5. The maximum absolute atomic E-state index is 6.06. The lowest BCUT2D eigenvalue weighted by Crippen LogP contribution is -2.11. The van der Waals surface area contributed by atoms with Crippen molar-refractivity contribution >= 4 is 28.5 Å². The summed E-state index contributed by atoms with van der Waals surface area (Å²) in [5.74, 6) is 0.890. The van der Waals surface area contributed by atoms with Crippen LogP contribution in [0.25, 0.3) is 22.2 Å². The molecule has 3 rings (SSSR count). The minimum Gasteiger partial charge on any atom is -0.362 e. The van der Waals surface area contributed by atoms with Crippen LogP contribution in [-0.4, -0.2) is 29.0 Å². The Morgan fingerprint density at radius 3 is 2.79 bits per heavy atom. The number of nitrogens with zero attached hydrogens (tertiary/aromatic N) is 3. The topological polar surface area (TPSA) is 44.8 Å². The van der Waals surface area contributed by atoms with Crippen molar-refractivity contribution in [3.63, 3.8) is 0 Å². The first-order valence-corrected chi connectivity index (χ1v) is 6.30. The van der Waals surface area contributed by atoms with Crippen LogP contribution in [0.3, 0.4) is 0 Å². The van der Waals surface area contributed by atoms with Gasteiger partial charge in [-0.15, -0.1) is 0 Å². The van der Waals surface area contributed by atoms with Gasteiger partial charge in [-0.2, -0.15) is 0 Å². The van der Waals surface area contributed by atoms with Crippen LogP contribution < -0.4 is 4.90 Å². The van der Waals surface area contributed by atoms with Gasteiger partial charge in [-0.3, -0.25) is 0 Å². The number of fused-ring (bicyclic) bond motifs is 1. The molecule has 0 bridgehead atoms. The largest absolute Gasteiger partial charge is 0.362 e. The van der Waals surface area contributed by atoms with Gasteiger partial charge in [0, 0.05) is 30.9 Å². The highest BCUT2D eigenvalue weighted by Crippen LogP contribution is 2.33. The van der Waals surface area contributed by atoms with E-state index in [0.717, 1.165) is 33.0 Å². The second-order valence-electron chi connectivity index (χ2n) is 4.53. The van der Waals surface area contributed by atoms with Crippen molar-refractivity contribution in [2.75, 3.05) is 19.0 Å². The molecule has 0 radical (unpaired) electrons. The molecule has 0 spiro atoms. The van der Waals surface area contributed by atoms with Gasteiger partial charge in [0.15, 0.2) is 0 Å². The molecule has 0 aliphatic carbocycles. The summed E-state index contributed by atoms with van der Waals surface area (Å²) in [6.07, 6.45) is 3.51. The predicted octanol–water partition coefficient (Wildman–Crippen LogP) is 3.34. The van der Waals surface area contributed by atoms with Gasteiger partial charge >= 0.3 is 0 Å². The fourth-order valence-corrected chi connectivity index (χ4v) is 2.36. The van der Waals surface area contributed by atoms with Crippen molar-refractivity contribution in [1.82, 2.24) is 15.0 Å². The molecule has 1 N–H and O–H groups in total. The van der Waals surface area contributed by atoms with Gasteiger partial charge in [-0.05, 0) is 17.7 Å². The molecule has 96 valence electrons. The quantitative estimate of drug-likeness (QED) is 0.778. The Labute approximate surface area is 116 Å². The van der Waals surface area contributed by atoms with Crippen LogP contribution in [0.5, 0.6) is 0 Å². The predicted molar refractivity (Wildman–Crippen MR) is 78.7 cm³/mol. The van der Waals surface area contributed by atoms with Crippen LogP contribution in [-0.2, 0) is 0 Å². The number of hydrogen-bond donors (Lipinski definition) is 1. The molecule has 5 heteroatoms. The van der Waals surface area contributed by atoms with Crippen molar-refractivity contribution in [1.29, 1.82) is 0 Å². The molecule has 0 aliphatic heterocycles. The zero-order valence-electron chi connectivity index (χ0n) is 10.7. The third-order valence-electron chi connectivity index (χ3n) is 3.01. The van der Waals surface area contributed by atoms with E-state index in [1.165, 1.54) is 0 Å². The number of anilines is 1. The lowest BCUT2D eigenvalue weighted by molar-refractivity contribution is 1.06. The molecule has 0 saturated heterocycles. The van der Waals surface area contributed by atoms with E-state index in [1.54, 1.807) is 6.33 Å². The number of nitrogens with one attached hydrogen (secondary N) is 1. The molecule has 0 aliphatic rings. The minimum atomic E-state index is 0.718. The van der Waals surface area contributed by atoms with E-state index in [4.69, 9.17) is 11.6 Å². The van der Waals surface area contributed by atoms with Crippen molar-refractivity contribution in [2.45, 2.75) is 0 Å². The normalized spacial score (nSPS) is 10.9. The molecule has 0 amide bonds. The van der Waals surface area contributed by atoms with Gasteiger partial charge in [0.2, 0.25) is 0 Å². The smallest absolute Gasteiger partial charge is 0.143 e. The third kappa shape index (κ3) is 2.04. The molecule has 0 atom stereocenters. The first kappa shape index (κ1) is 12.0. The van der Waals surface area contributed by atoms with Crippen molar-refractivity contribution in [2.24, 2.45) is 0 Å². The van der Waals surface area contributed by atoms with Crippen LogP contribution in [0.15, 0.2) is 36.8 Å². The number of aromatic nitrogens is 3. The van der Waals surface area contributed by atoms with Crippen molar-refractivity contribution < 1.29 is 0 Å². The van der Waals surface area contributed by atoms with E-state index in [-0.39, 0.29) is 0 Å². The summed E-state index contributed by atoms with van der Waals surface area (Å²) < 4.78 is 0. The summed E-state index contributed by atoms with van der Waals surface area (Å²) >= 11 is 6.06. The Bertz CT molecular complexity index is 733. The summed E-state index contributed by atoms with van der Waals surface area (Å²) in [4.78, 5) is 13.8. The fraction of sp³-hybridized carbons (Fsp3) is 0.143. The number of halogens is 1. The number of H-pyrrole nitrogens is 1. The second kappa shape index (κ2) is 4.55. The zero-order chi connectivity index (χ0) is 13.4. The summed E-state index contributed by atoms with van der Waals surface area (Å²) in [6.45, 7) is 0. The van der Waals surface area contributed by atoms with Crippen LogP contribution in [0, 0.1) is 0 Å². The standard InChI is InChI=1S/C14H13ClN4/c1-19(2)14-12-11(7-16-13(12)17-8-18-14)9-4-3-5-10(15)6-9/h3-8H,1-2H3,(H,16,17,18). The summed E-state index contributed by atoms with van der Waals surface area (Å²) in [6, 6.07) is 7.77. The number of rotatable bonds is 2. The van der Waals surface area contributed by atoms with Gasteiger partial charge in [0.25, 0.3) is 0 Å². The van der Waals surface area contributed by atoms with Crippen molar-refractivity contribution in [3.8, 4) is 11.1 Å². The SMILES string of the molecule is CN(C)c1ncnc2[nH]cc(-c3cccc(Cl)c3)c12. The molecule has 4 nitrogen and oxygen atoms in total. The Morgan fingerprint density at radius 2 is 2.05 bits per heavy atom. The summed E-state index contributed by atoms with van der Waals surface area (Å²) in [7, 11) is 3.94. The number of hydrogen-bond acceptors (Lipinski definition) is 3. The number of benzene rings is 1. The van der Waals surface area contributed by atoms with Crippen molar-refractivity contribution in [3.05, 3.63) is 41.8 Å². The van der Waals surface area contributed by atoms with E-state index in [1.807, 2.05) is 49.5 Å². The zero-order valence-corrected chi connectivity index (χ0v) is 11.4. The lowest BCUT2D eigenvalue weighted by atomic mass is 10.1. The summed E-state index contributed by atoms with van der Waals surface area (Å²) in [5.41, 5.74) is 2.94. The van der Waals surface area contributed by atoms with Crippen LogP contribution >= 0.6 is 11.6 Å². The molecule has 0 fully saturated rings. The molecule has 2 heterocycles. The van der Waals surface area contributed by atoms with Crippen LogP contribution in [0.4, 0.5) is 5.82 Å². The molecular formula is C14H13ClN4. The van der Waals surface area contributed by atoms with E-state index in [0.29, 0.717) is 0 Å². The Kier molecular flexibility index (Phi) is 2.87. The molecule has 0 unspecified atom stereocenters. The first-order valence-electron chi connectivity index (χ1n) is 5.92. The highest BCUT2D eigenvalue weighted by molar-refractivity contribution is 6.31. The molecule has 1 aromatic carbocycles. The number of aromatic amines is 1. The molecule has 3 aromatic rings. The van der Waals surface area contributed by atoms with Gasteiger partial charge in [0.1, 0.15) is 17.8 Å². The molecular weight excluding hydrogens is 260 g/mol. The van der Waals surface area contributed by atoms with E-state index >= 15 is 0 Å². The second-order valence-corrected chi connectivity index (χ2v) is 4.96. The fourth-order valence-electron chi connectivity index (χ4n) is 2.17. The third-order valence-corrected chi connectivity index (χ3v) is 3.24. The minimum absolute atomic E-state index is 0.718. The van der Waals surface area contributed by atoms with Gasteiger partial charge in [-0.25, -0.2) is 9.97 Å². The lowest BCUT2D eigenvalue weighted by Gasteiger charge is -2.13. The Balaban J connectivity index is 2.30. The van der Waals surface area contributed by atoms with Gasteiger partial charge in [0.05, 0.1) is 5.39 Å². The Hall–Kier alpha value is -2.07. The van der Waals surface area contributed by atoms with E-state index in [2.05, 4.69) is 15.0 Å². The maximum Gasteiger partial charge on any atom is 0.143 e. The maximum atomic E-state index is 6.06. The van der Waals surface area contributed by atoms with Gasteiger partial charge in [-0.1, -0.05) is 23.7 Å². The molecule has 0 saturated carbocycles. The average molecular weight is 273 g/mol. The molecule has 2 aromatic heterocycles. The first-order chi connectivity index (χ1) is 9.16. The van der Waals surface area contributed by atoms with E-state index < -0.39 is 0 Å². The van der Waals surface area contributed by atoms with Crippen LogP contribution in [0.1, 0.15) is 0 Å².